The van der Waals surface area contributed by atoms with Crippen LogP contribution in [-0.2, 0) is 0 Å². The quantitative estimate of drug-likeness (QED) is 0.165. The van der Waals surface area contributed by atoms with Gasteiger partial charge in [-0.15, -0.1) is 11.3 Å². The van der Waals surface area contributed by atoms with E-state index in [-0.39, 0.29) is 0 Å². The third kappa shape index (κ3) is 6.29. The molecule has 0 aliphatic rings. The van der Waals surface area contributed by atoms with Crippen molar-refractivity contribution in [2.24, 2.45) is 0 Å². The Hall–Kier alpha value is -7.01. The lowest BCUT2D eigenvalue weighted by Crippen LogP contribution is -2.00. The fourth-order valence-corrected chi connectivity index (χ4v) is 8.76. The number of hydrogen-bond donors (Lipinski definition) is 0. The monoisotopic (exact) mass is 719 g/mol. The second kappa shape index (κ2) is 14.1. The van der Waals surface area contributed by atoms with Crippen molar-refractivity contribution in [3.05, 3.63) is 200 Å². The lowest BCUT2D eigenvalue weighted by molar-refractivity contribution is 1.07. The molecule has 8 aromatic carbocycles. The fourth-order valence-electron chi connectivity index (χ4n) is 7.39. The number of fused-ring (bicyclic) bond motifs is 3. The Bertz CT molecular complexity index is 2950. The minimum absolute atomic E-state index is 0.638. The van der Waals surface area contributed by atoms with Crippen LogP contribution < -0.4 is 0 Å². The molecule has 2 aromatic heterocycles. The van der Waals surface area contributed by atoms with Crippen LogP contribution in [0.3, 0.4) is 0 Å². The molecule has 0 saturated carbocycles. The largest absolute Gasteiger partial charge is 0.208 e. The summed E-state index contributed by atoms with van der Waals surface area (Å²) in [5.74, 6) is 1.92. The van der Waals surface area contributed by atoms with Crippen molar-refractivity contribution >= 4 is 31.5 Å². The molecule has 2 heterocycles. The average Bonchev–Trinajstić information content (AvgIpc) is 3.67. The first kappa shape index (κ1) is 32.6. The summed E-state index contributed by atoms with van der Waals surface area (Å²) in [6.07, 6.45) is 0. The number of aromatic nitrogens is 3. The molecule has 10 aromatic rings. The third-order valence-corrected chi connectivity index (χ3v) is 11.4. The van der Waals surface area contributed by atoms with Crippen LogP contribution in [0.5, 0.6) is 0 Å². The Kier molecular flexibility index (Phi) is 8.36. The maximum Gasteiger partial charge on any atom is 0.164 e. The van der Waals surface area contributed by atoms with Gasteiger partial charge in [-0.25, -0.2) is 15.0 Å². The van der Waals surface area contributed by atoms with Crippen molar-refractivity contribution in [3.63, 3.8) is 0 Å². The molecule has 0 aliphatic carbocycles. The van der Waals surface area contributed by atoms with E-state index >= 15 is 0 Å². The second-order valence-electron chi connectivity index (χ2n) is 13.6. The number of thiophene rings is 1. The molecule has 0 N–H and O–H groups in total. The molecule has 0 atom stereocenters. The highest BCUT2D eigenvalue weighted by Gasteiger charge is 2.16. The minimum Gasteiger partial charge on any atom is -0.208 e. The summed E-state index contributed by atoms with van der Waals surface area (Å²) < 4.78 is 2.63. The van der Waals surface area contributed by atoms with Crippen molar-refractivity contribution < 1.29 is 0 Å². The third-order valence-electron chi connectivity index (χ3n) is 10.2. The van der Waals surface area contributed by atoms with Gasteiger partial charge >= 0.3 is 0 Å². The van der Waals surface area contributed by atoms with Gasteiger partial charge in [0.15, 0.2) is 17.5 Å². The highest BCUT2D eigenvalue weighted by atomic mass is 32.1. The van der Waals surface area contributed by atoms with Crippen LogP contribution in [0.15, 0.2) is 200 Å². The molecular formula is C51H33N3S. The summed E-state index contributed by atoms with van der Waals surface area (Å²) >= 11 is 1.88. The zero-order valence-corrected chi connectivity index (χ0v) is 30.6. The van der Waals surface area contributed by atoms with E-state index in [9.17, 15) is 0 Å². The van der Waals surface area contributed by atoms with Crippen molar-refractivity contribution in [1.82, 2.24) is 15.0 Å². The lowest BCUT2D eigenvalue weighted by atomic mass is 9.97. The normalized spacial score (nSPS) is 11.3. The maximum atomic E-state index is 5.07. The molecular weight excluding hydrogens is 687 g/mol. The van der Waals surface area contributed by atoms with Crippen LogP contribution in [0.1, 0.15) is 0 Å². The molecule has 0 fully saturated rings. The first-order valence-corrected chi connectivity index (χ1v) is 19.3. The van der Waals surface area contributed by atoms with Gasteiger partial charge < -0.3 is 0 Å². The Morgan fingerprint density at radius 2 is 0.600 bits per heavy atom. The van der Waals surface area contributed by atoms with E-state index in [1.807, 2.05) is 47.7 Å². The molecule has 0 bridgehead atoms. The molecule has 55 heavy (non-hydrogen) atoms. The van der Waals surface area contributed by atoms with E-state index in [4.69, 9.17) is 15.0 Å². The number of nitrogens with zero attached hydrogens (tertiary/aromatic N) is 3. The van der Waals surface area contributed by atoms with E-state index in [2.05, 4.69) is 164 Å². The van der Waals surface area contributed by atoms with Gasteiger partial charge in [0, 0.05) is 36.9 Å². The lowest BCUT2D eigenvalue weighted by Gasteiger charge is -2.11. The first-order valence-electron chi connectivity index (χ1n) is 18.4. The molecule has 0 radical (unpaired) electrons. The van der Waals surface area contributed by atoms with Crippen LogP contribution in [0.2, 0.25) is 0 Å². The van der Waals surface area contributed by atoms with Gasteiger partial charge in [0.2, 0.25) is 0 Å². The highest BCUT2D eigenvalue weighted by molar-refractivity contribution is 7.26. The van der Waals surface area contributed by atoms with Crippen LogP contribution >= 0.6 is 11.3 Å². The van der Waals surface area contributed by atoms with Crippen LogP contribution in [0.4, 0.5) is 0 Å². The van der Waals surface area contributed by atoms with E-state index in [1.54, 1.807) is 0 Å². The van der Waals surface area contributed by atoms with E-state index in [1.165, 1.54) is 42.4 Å². The summed E-state index contributed by atoms with van der Waals surface area (Å²) in [5, 5.41) is 2.60. The molecule has 4 heteroatoms. The first-order chi connectivity index (χ1) is 27.2. The molecule has 0 saturated heterocycles. The Morgan fingerprint density at radius 1 is 0.255 bits per heavy atom. The van der Waals surface area contributed by atoms with E-state index < -0.39 is 0 Å². The second-order valence-corrected chi connectivity index (χ2v) is 14.6. The highest BCUT2D eigenvalue weighted by Crippen LogP contribution is 2.44. The Labute approximate surface area is 323 Å². The maximum absolute atomic E-state index is 5.07. The summed E-state index contributed by atoms with van der Waals surface area (Å²) in [5.41, 5.74) is 12.3. The Balaban J connectivity index is 1.01. The summed E-state index contributed by atoms with van der Waals surface area (Å²) in [6.45, 7) is 0. The van der Waals surface area contributed by atoms with Crippen molar-refractivity contribution in [2.45, 2.75) is 0 Å². The van der Waals surface area contributed by atoms with Gasteiger partial charge in [-0.1, -0.05) is 188 Å². The van der Waals surface area contributed by atoms with Gasteiger partial charge in [0.25, 0.3) is 0 Å². The minimum atomic E-state index is 0.638. The zero-order valence-electron chi connectivity index (χ0n) is 29.8. The summed E-state index contributed by atoms with van der Waals surface area (Å²) in [4.78, 5) is 15.1. The summed E-state index contributed by atoms with van der Waals surface area (Å²) in [6, 6.07) is 70.4. The molecule has 0 spiro atoms. The van der Waals surface area contributed by atoms with Gasteiger partial charge in [-0.2, -0.15) is 0 Å². The number of benzene rings is 8. The fraction of sp³-hybridized carbons (Fsp3) is 0. The average molecular weight is 720 g/mol. The molecule has 0 amide bonds. The predicted molar refractivity (Wildman–Crippen MR) is 231 cm³/mol. The smallest absolute Gasteiger partial charge is 0.164 e. The van der Waals surface area contributed by atoms with Crippen LogP contribution in [0, 0.1) is 0 Å². The molecule has 0 unspecified atom stereocenters. The molecule has 258 valence electrons. The van der Waals surface area contributed by atoms with E-state index in [0.717, 1.165) is 38.9 Å². The van der Waals surface area contributed by atoms with Gasteiger partial charge in [0.1, 0.15) is 0 Å². The predicted octanol–water partition coefficient (Wildman–Crippen LogP) is 13.9. The summed E-state index contributed by atoms with van der Waals surface area (Å²) in [7, 11) is 0. The van der Waals surface area contributed by atoms with Crippen LogP contribution in [0.25, 0.3) is 98.8 Å². The number of rotatable bonds is 7. The van der Waals surface area contributed by atoms with Crippen molar-refractivity contribution in [3.8, 4) is 78.7 Å². The van der Waals surface area contributed by atoms with Gasteiger partial charge in [0.05, 0.1) is 0 Å². The standard InChI is InChI=1S/C51H33N3S/c1-4-14-34(15-5-1)39-20-10-22-41(32-39)50-52-49(38-18-8-3-9-19-38)53-51(54-50)42-23-11-21-40(33-42)35-28-30-37(31-29-35)44-25-13-27-46-45-26-12-24-43(47(45)55-48(44)46)36-16-6-2-7-17-36/h1-33H. The molecule has 3 nitrogen and oxygen atoms in total. The topological polar surface area (TPSA) is 38.7 Å². The zero-order chi connectivity index (χ0) is 36.6. The van der Waals surface area contributed by atoms with Crippen molar-refractivity contribution in [2.75, 3.05) is 0 Å². The number of hydrogen-bond acceptors (Lipinski definition) is 4. The van der Waals surface area contributed by atoms with Gasteiger partial charge in [-0.3, -0.25) is 0 Å². The van der Waals surface area contributed by atoms with Crippen molar-refractivity contribution in [1.29, 1.82) is 0 Å². The Morgan fingerprint density at radius 3 is 1.11 bits per heavy atom. The van der Waals surface area contributed by atoms with Crippen LogP contribution in [-0.4, -0.2) is 15.0 Å². The molecule has 10 rings (SSSR count). The van der Waals surface area contributed by atoms with Gasteiger partial charge in [-0.05, 0) is 56.6 Å². The SMILES string of the molecule is c1ccc(-c2cccc(-c3nc(-c4ccccc4)nc(-c4cccc(-c5ccc(-c6cccc7c6sc6c(-c8ccccc8)cccc67)cc5)c4)n3)c2)cc1. The molecule has 0 aliphatic heterocycles. The van der Waals surface area contributed by atoms with E-state index in [0.29, 0.717) is 17.5 Å².